The van der Waals surface area contributed by atoms with Gasteiger partial charge in [-0.05, 0) is 0 Å². The van der Waals surface area contributed by atoms with Crippen molar-refractivity contribution in [2.75, 3.05) is 0 Å². The van der Waals surface area contributed by atoms with Crippen LogP contribution in [0.3, 0.4) is 0 Å². The maximum atomic E-state index is 8.74. The molecule has 76 valence electrons. The van der Waals surface area contributed by atoms with Crippen LogP contribution in [0.15, 0.2) is 0 Å². The molecule has 0 aromatic carbocycles. The molecule has 0 spiro atoms. The first-order valence-electron chi connectivity index (χ1n) is 1.40. The fourth-order valence-electron chi connectivity index (χ4n) is 0. The van der Waals surface area contributed by atoms with Crippen LogP contribution in [0, 0.1) is 0 Å². The molecule has 0 aliphatic heterocycles. The molecule has 9 nitrogen and oxygen atoms in total. The minimum absolute atomic E-state index is 0. The predicted molar refractivity (Wildman–Crippen MR) is 40.5 cm³/mol. The third-order valence-electron chi connectivity index (χ3n) is 0. The van der Waals surface area contributed by atoms with Gasteiger partial charge in [0.25, 0.3) is 0 Å². The molecule has 0 saturated heterocycles. The van der Waals surface area contributed by atoms with Gasteiger partial charge in [0.15, 0.2) is 0 Å². The molecule has 0 amide bonds. The van der Waals surface area contributed by atoms with Crippen LogP contribution in [-0.4, -0.2) is 89.4 Å². The molecule has 12 heteroatoms. The van der Waals surface area contributed by atoms with Crippen molar-refractivity contribution in [3.8, 4) is 0 Å². The average molecular weight is 354 g/mol. The molecular formula is H8BaO9S2. The number of hydrogen-bond acceptors (Lipinski definition) is 4. The van der Waals surface area contributed by atoms with Gasteiger partial charge in [0.2, 0.25) is 0 Å². The molecule has 0 heterocycles. The van der Waals surface area contributed by atoms with E-state index in [2.05, 4.69) is 0 Å². The molecular weight excluding hydrogens is 345 g/mol. The Morgan fingerprint density at radius 3 is 0.667 bits per heavy atom. The van der Waals surface area contributed by atoms with Crippen molar-refractivity contribution in [2.24, 2.45) is 0 Å². The molecule has 0 atom stereocenters. The van der Waals surface area contributed by atoms with Crippen molar-refractivity contribution in [3.05, 3.63) is 0 Å². The van der Waals surface area contributed by atoms with Crippen LogP contribution in [0.4, 0.5) is 0 Å². The number of rotatable bonds is 0. The molecule has 0 aromatic heterocycles. The second kappa shape index (κ2) is 8.85. The quantitative estimate of drug-likeness (QED) is 0.262. The average Bonchev–Trinajstić information content (AvgIpc) is 1.12. The zero-order valence-corrected chi connectivity index (χ0v) is 6.37. The van der Waals surface area contributed by atoms with Gasteiger partial charge in [-0.15, -0.1) is 0 Å². The third-order valence-corrected chi connectivity index (χ3v) is 0. The first kappa shape index (κ1) is 23.2. The van der Waals surface area contributed by atoms with E-state index in [0.29, 0.717) is 0 Å². The van der Waals surface area contributed by atoms with Crippen LogP contribution in [-0.2, 0) is 20.8 Å². The van der Waals surface area contributed by atoms with E-state index in [1.165, 1.54) is 0 Å². The molecule has 0 rings (SSSR count). The van der Waals surface area contributed by atoms with Crippen molar-refractivity contribution in [1.29, 1.82) is 0 Å². The fraction of sp³-hybridized carbons (Fsp3) is 0. The zero-order valence-electron chi connectivity index (χ0n) is 4.74. The Labute approximate surface area is 109 Å². The van der Waals surface area contributed by atoms with Crippen LogP contribution in [0.2, 0.25) is 0 Å². The van der Waals surface area contributed by atoms with Gasteiger partial charge in [-0.1, -0.05) is 0 Å². The van der Waals surface area contributed by atoms with Crippen LogP contribution in [0.25, 0.3) is 0 Å². The van der Waals surface area contributed by atoms with Crippen molar-refractivity contribution in [2.45, 2.75) is 0 Å². The normalized spacial score (nSPS) is 9.67. The Kier molecular flexibility index (Phi) is 17.1. The summed E-state index contributed by atoms with van der Waals surface area (Å²) in [6.45, 7) is 0. The molecule has 0 aliphatic carbocycles. The van der Waals surface area contributed by atoms with Crippen molar-refractivity contribution >= 4 is 69.7 Å². The molecule has 0 unspecified atom stereocenters. The molecule has 0 aromatic rings. The summed E-state index contributed by atoms with van der Waals surface area (Å²) in [5.41, 5.74) is 0. The van der Waals surface area contributed by atoms with E-state index in [0.717, 1.165) is 0 Å². The van der Waals surface area contributed by atoms with Crippen LogP contribution in [0.5, 0.6) is 0 Å². The van der Waals surface area contributed by atoms with Gasteiger partial charge < -0.3 is 5.48 Å². The zero-order chi connectivity index (χ0) is 9.00. The van der Waals surface area contributed by atoms with Gasteiger partial charge in [0, 0.05) is 0 Å². The van der Waals surface area contributed by atoms with Gasteiger partial charge >= 0.3 is 69.7 Å². The summed E-state index contributed by atoms with van der Waals surface area (Å²) in [5.74, 6) is 0. The van der Waals surface area contributed by atoms with E-state index in [-0.39, 0.29) is 54.4 Å². The van der Waals surface area contributed by atoms with Crippen molar-refractivity contribution in [1.82, 2.24) is 0 Å². The topological polar surface area (TPSA) is 181 Å². The second-order valence-electron chi connectivity index (χ2n) is 0.896. The van der Waals surface area contributed by atoms with Crippen molar-refractivity contribution in [3.63, 3.8) is 0 Å². The predicted octanol–water partition coefficient (Wildman–Crippen LogP) is -3.05. The Hall–Kier alpha value is 1.27. The Morgan fingerprint density at radius 2 is 0.667 bits per heavy atom. The minimum atomic E-state index is -4.67. The van der Waals surface area contributed by atoms with Gasteiger partial charge in [-0.25, -0.2) is 0 Å². The third kappa shape index (κ3) is 736. The summed E-state index contributed by atoms with van der Waals surface area (Å²) < 4.78 is 63.2. The second-order valence-corrected chi connectivity index (χ2v) is 2.69. The molecule has 12 heavy (non-hydrogen) atoms. The Bertz CT molecular complexity index is 209. The molecule has 0 saturated carbocycles. The Balaban J connectivity index is -0.0000000457. The van der Waals surface area contributed by atoms with Crippen molar-refractivity contribution < 1.29 is 40.5 Å². The standard InChI is InChI=1S/Ba.2H2O4S.H2O.2H/c;2*1-5(2,3)4;;;/h;2*(H2,1,2,3,4);1H2;;. The summed E-state index contributed by atoms with van der Waals surface area (Å²) in [6, 6.07) is 0. The Morgan fingerprint density at radius 1 is 0.667 bits per heavy atom. The first-order valence-corrected chi connectivity index (χ1v) is 4.19. The van der Waals surface area contributed by atoms with Gasteiger partial charge in [0.05, 0.1) is 0 Å². The summed E-state index contributed by atoms with van der Waals surface area (Å²) in [6.07, 6.45) is 0. The molecule has 0 fully saturated rings. The molecule has 0 aliphatic rings. The van der Waals surface area contributed by atoms with E-state index in [9.17, 15) is 0 Å². The van der Waals surface area contributed by atoms with Gasteiger partial charge in [-0.2, -0.15) is 16.8 Å². The SMILES string of the molecule is O.O=S(=O)(O)O.O=S(=O)(O)O.[BaH2]. The maximum absolute atomic E-state index is 8.74. The molecule has 0 bridgehead atoms. The van der Waals surface area contributed by atoms with E-state index in [4.69, 9.17) is 35.0 Å². The van der Waals surface area contributed by atoms with Crippen LogP contribution in [0.1, 0.15) is 0 Å². The van der Waals surface area contributed by atoms with Gasteiger partial charge in [0.1, 0.15) is 0 Å². The van der Waals surface area contributed by atoms with E-state index >= 15 is 0 Å². The summed E-state index contributed by atoms with van der Waals surface area (Å²) in [5, 5.41) is 0. The first-order chi connectivity index (χ1) is 4.00. The summed E-state index contributed by atoms with van der Waals surface area (Å²) in [4.78, 5) is 0. The van der Waals surface area contributed by atoms with E-state index < -0.39 is 20.8 Å². The summed E-state index contributed by atoms with van der Waals surface area (Å²) in [7, 11) is -9.33. The van der Waals surface area contributed by atoms with Crippen LogP contribution < -0.4 is 0 Å². The summed E-state index contributed by atoms with van der Waals surface area (Å²) >= 11 is 0. The fourth-order valence-corrected chi connectivity index (χ4v) is 0. The van der Waals surface area contributed by atoms with E-state index in [1.54, 1.807) is 0 Å². The monoisotopic (exact) mass is 354 g/mol. The van der Waals surface area contributed by atoms with Gasteiger partial charge in [-0.3, -0.25) is 18.2 Å². The number of hydrogen-bond donors (Lipinski definition) is 4. The molecule has 6 N–H and O–H groups in total. The van der Waals surface area contributed by atoms with Crippen LogP contribution >= 0.6 is 0 Å². The van der Waals surface area contributed by atoms with E-state index in [1.807, 2.05) is 0 Å². The molecule has 0 radical (unpaired) electrons.